The zero-order chi connectivity index (χ0) is 13.9. The van der Waals surface area contributed by atoms with Gasteiger partial charge in [-0.3, -0.25) is 4.79 Å². The van der Waals surface area contributed by atoms with Crippen molar-refractivity contribution in [3.8, 4) is 0 Å². The number of halogens is 2. The van der Waals surface area contributed by atoms with Gasteiger partial charge in [-0.05, 0) is 19.1 Å². The molecule has 0 heterocycles. The van der Waals surface area contributed by atoms with Gasteiger partial charge in [-0.25, -0.2) is 17.2 Å². The number of sulfonamides is 1. The number of hydrogen-bond acceptors (Lipinski definition) is 3. The van der Waals surface area contributed by atoms with Crippen LogP contribution in [0.4, 0.5) is 8.78 Å². The highest BCUT2D eigenvalue weighted by Gasteiger charge is 2.21. The van der Waals surface area contributed by atoms with E-state index < -0.39 is 28.5 Å². The second-order valence-electron chi connectivity index (χ2n) is 3.55. The molecule has 0 amide bonds. The first-order chi connectivity index (χ1) is 8.24. The molecule has 0 saturated heterocycles. The summed E-state index contributed by atoms with van der Waals surface area (Å²) in [5, 5.41) is 8.58. The van der Waals surface area contributed by atoms with Gasteiger partial charge < -0.3 is 5.11 Å². The van der Waals surface area contributed by atoms with E-state index in [0.29, 0.717) is 0 Å². The fourth-order valence-electron chi connectivity index (χ4n) is 1.14. The Balaban J connectivity index is 2.95. The number of alkyl halides is 2. The predicted molar refractivity (Wildman–Crippen MR) is 58.8 cm³/mol. The maximum Gasteiger partial charge on any atom is 0.321 e. The lowest BCUT2D eigenvalue weighted by Gasteiger charge is -2.10. The number of carboxylic acids is 1. The minimum Gasteiger partial charge on any atom is -0.480 e. The molecule has 0 aromatic heterocycles. The van der Waals surface area contributed by atoms with Crippen molar-refractivity contribution in [1.29, 1.82) is 0 Å². The first-order valence-electron chi connectivity index (χ1n) is 4.87. The van der Waals surface area contributed by atoms with Crippen LogP contribution >= 0.6 is 0 Å². The van der Waals surface area contributed by atoms with Gasteiger partial charge in [0.05, 0.1) is 4.90 Å². The third-order valence-corrected chi connectivity index (χ3v) is 3.70. The normalized spacial score (nSPS) is 13.6. The lowest BCUT2D eigenvalue weighted by molar-refractivity contribution is -0.138. The van der Waals surface area contributed by atoms with Gasteiger partial charge in [-0.1, -0.05) is 12.1 Å². The lowest BCUT2D eigenvalue weighted by Crippen LogP contribution is -2.38. The van der Waals surface area contributed by atoms with Crippen molar-refractivity contribution >= 4 is 16.0 Å². The van der Waals surface area contributed by atoms with Crippen LogP contribution in [0.1, 0.15) is 18.9 Å². The first kappa shape index (κ1) is 14.5. The molecule has 0 radical (unpaired) electrons. The average Bonchev–Trinajstić information content (AvgIpc) is 2.28. The standard InChI is InChI=1S/C10H11F2NO4S/c1-6(10(14)15)13-18(16,17)8-4-2-7(3-5-8)9(11)12/h2-6,9,13H,1H3,(H,14,15)/t6-/m1/s1. The van der Waals surface area contributed by atoms with Crippen LogP contribution in [-0.4, -0.2) is 25.5 Å². The molecular formula is C10H11F2NO4S. The Morgan fingerprint density at radius 3 is 2.17 bits per heavy atom. The van der Waals surface area contributed by atoms with Crippen LogP contribution in [-0.2, 0) is 14.8 Å². The Labute approximate surface area is 102 Å². The maximum atomic E-state index is 12.3. The second kappa shape index (κ2) is 5.40. The zero-order valence-electron chi connectivity index (χ0n) is 9.30. The molecule has 0 bridgehead atoms. The number of hydrogen-bond donors (Lipinski definition) is 2. The highest BCUT2D eigenvalue weighted by Crippen LogP contribution is 2.20. The number of aliphatic carboxylic acids is 1. The number of carbonyl (C=O) groups is 1. The summed E-state index contributed by atoms with van der Waals surface area (Å²) < 4.78 is 49.8. The number of carboxylic acid groups (broad SMARTS) is 1. The van der Waals surface area contributed by atoms with Crippen molar-refractivity contribution in [3.05, 3.63) is 29.8 Å². The van der Waals surface area contributed by atoms with Gasteiger partial charge in [0.1, 0.15) is 6.04 Å². The fraction of sp³-hybridized carbons (Fsp3) is 0.300. The monoisotopic (exact) mass is 279 g/mol. The molecule has 0 fully saturated rings. The summed E-state index contributed by atoms with van der Waals surface area (Å²) >= 11 is 0. The van der Waals surface area contributed by atoms with Gasteiger partial charge in [-0.2, -0.15) is 4.72 Å². The smallest absolute Gasteiger partial charge is 0.321 e. The number of benzene rings is 1. The van der Waals surface area contributed by atoms with Crippen LogP contribution < -0.4 is 4.72 Å². The van der Waals surface area contributed by atoms with E-state index in [1.54, 1.807) is 0 Å². The Kier molecular flexibility index (Phi) is 4.36. The molecule has 1 atom stereocenters. The van der Waals surface area contributed by atoms with Crippen molar-refractivity contribution in [3.63, 3.8) is 0 Å². The molecule has 5 nitrogen and oxygen atoms in total. The number of nitrogens with one attached hydrogen (secondary N) is 1. The van der Waals surface area contributed by atoms with E-state index in [4.69, 9.17) is 5.11 Å². The Morgan fingerprint density at radius 1 is 1.28 bits per heavy atom. The van der Waals surface area contributed by atoms with E-state index in [2.05, 4.69) is 0 Å². The minimum atomic E-state index is -4.02. The highest BCUT2D eigenvalue weighted by molar-refractivity contribution is 7.89. The largest absolute Gasteiger partial charge is 0.480 e. The summed E-state index contributed by atoms with van der Waals surface area (Å²) in [6, 6.07) is 2.65. The third kappa shape index (κ3) is 3.47. The predicted octanol–water partition coefficient (Wildman–Crippen LogP) is 1.38. The van der Waals surface area contributed by atoms with Crippen LogP contribution in [0.5, 0.6) is 0 Å². The Hall–Kier alpha value is -1.54. The molecule has 18 heavy (non-hydrogen) atoms. The topological polar surface area (TPSA) is 83.5 Å². The molecule has 0 spiro atoms. The van der Waals surface area contributed by atoms with Crippen molar-refractivity contribution < 1.29 is 27.1 Å². The van der Waals surface area contributed by atoms with Crippen LogP contribution in [0, 0.1) is 0 Å². The van der Waals surface area contributed by atoms with Gasteiger partial charge in [0.2, 0.25) is 10.0 Å². The highest BCUT2D eigenvalue weighted by atomic mass is 32.2. The van der Waals surface area contributed by atoms with E-state index in [-0.39, 0.29) is 10.5 Å². The van der Waals surface area contributed by atoms with Crippen molar-refractivity contribution in [2.24, 2.45) is 0 Å². The molecule has 1 aromatic carbocycles. The lowest BCUT2D eigenvalue weighted by atomic mass is 10.2. The number of rotatable bonds is 5. The van der Waals surface area contributed by atoms with E-state index in [9.17, 15) is 22.0 Å². The summed E-state index contributed by atoms with van der Waals surface area (Å²) in [6.07, 6.45) is -2.69. The van der Waals surface area contributed by atoms with Crippen molar-refractivity contribution in [2.75, 3.05) is 0 Å². The molecular weight excluding hydrogens is 268 g/mol. The minimum absolute atomic E-state index is 0.264. The molecule has 0 aliphatic rings. The SMILES string of the molecule is C[C@@H](NS(=O)(=O)c1ccc(C(F)F)cc1)C(=O)O. The maximum absolute atomic E-state index is 12.3. The van der Waals surface area contributed by atoms with Crippen molar-refractivity contribution in [1.82, 2.24) is 4.72 Å². The summed E-state index contributed by atoms with van der Waals surface area (Å²) in [6.45, 7) is 1.16. The first-order valence-corrected chi connectivity index (χ1v) is 6.35. The van der Waals surface area contributed by atoms with E-state index >= 15 is 0 Å². The molecule has 1 rings (SSSR count). The van der Waals surface area contributed by atoms with Gasteiger partial charge in [0.15, 0.2) is 0 Å². The summed E-state index contributed by atoms with van der Waals surface area (Å²) in [7, 11) is -4.02. The van der Waals surface area contributed by atoms with Crippen LogP contribution in [0.2, 0.25) is 0 Å². The van der Waals surface area contributed by atoms with Crippen LogP contribution in [0.25, 0.3) is 0 Å². The van der Waals surface area contributed by atoms with Gasteiger partial charge in [0, 0.05) is 5.56 Å². The van der Waals surface area contributed by atoms with Gasteiger partial charge in [-0.15, -0.1) is 0 Å². The summed E-state index contributed by atoms with van der Waals surface area (Å²) in [5.74, 6) is -1.33. The van der Waals surface area contributed by atoms with E-state index in [0.717, 1.165) is 31.2 Å². The van der Waals surface area contributed by atoms with Crippen LogP contribution in [0.15, 0.2) is 29.2 Å². The third-order valence-electron chi connectivity index (χ3n) is 2.14. The van der Waals surface area contributed by atoms with Crippen molar-refractivity contribution in [2.45, 2.75) is 24.3 Å². The second-order valence-corrected chi connectivity index (χ2v) is 5.26. The summed E-state index contributed by atoms with van der Waals surface area (Å²) in [4.78, 5) is 10.3. The quantitative estimate of drug-likeness (QED) is 0.852. The van der Waals surface area contributed by atoms with E-state index in [1.807, 2.05) is 4.72 Å². The molecule has 8 heteroatoms. The summed E-state index contributed by atoms with van der Waals surface area (Å²) in [5.41, 5.74) is -0.305. The van der Waals surface area contributed by atoms with Gasteiger partial charge in [0.25, 0.3) is 6.43 Å². The molecule has 2 N–H and O–H groups in total. The zero-order valence-corrected chi connectivity index (χ0v) is 10.1. The Bertz CT molecular complexity index is 527. The molecule has 0 aliphatic carbocycles. The van der Waals surface area contributed by atoms with Gasteiger partial charge >= 0.3 is 5.97 Å². The molecule has 0 unspecified atom stereocenters. The molecule has 0 saturated carbocycles. The Morgan fingerprint density at radius 2 is 1.78 bits per heavy atom. The molecule has 100 valence electrons. The fourth-order valence-corrected chi connectivity index (χ4v) is 2.34. The molecule has 0 aliphatic heterocycles. The molecule has 1 aromatic rings. The van der Waals surface area contributed by atoms with Crippen LogP contribution in [0.3, 0.4) is 0 Å². The average molecular weight is 279 g/mol. The van der Waals surface area contributed by atoms with E-state index in [1.165, 1.54) is 0 Å².